The molecule has 0 N–H and O–H groups in total. The highest BCUT2D eigenvalue weighted by Crippen LogP contribution is 2.47. The van der Waals surface area contributed by atoms with E-state index in [-0.39, 0.29) is 0 Å². The lowest BCUT2D eigenvalue weighted by Crippen LogP contribution is -2.10. The first kappa shape index (κ1) is 36.7. The summed E-state index contributed by atoms with van der Waals surface area (Å²) in [5, 5.41) is 20.1. The van der Waals surface area contributed by atoms with Crippen molar-refractivity contribution in [2.75, 3.05) is 4.90 Å². The fourth-order valence-corrected chi connectivity index (χ4v) is 11.2. The Morgan fingerprint density at radius 3 is 1.27 bits per heavy atom. The van der Waals surface area contributed by atoms with Gasteiger partial charge < -0.3 is 9.47 Å². The molecule has 306 valence electrons. The number of aromatic nitrogens is 1. The van der Waals surface area contributed by atoms with Crippen LogP contribution in [0.25, 0.3) is 114 Å². The molecule has 1 heterocycles. The molecule has 0 amide bonds. The third kappa shape index (κ3) is 5.42. The van der Waals surface area contributed by atoms with Crippen LogP contribution in [-0.4, -0.2) is 4.57 Å². The maximum absolute atomic E-state index is 2.55. The molecule has 2 nitrogen and oxygen atoms in total. The molecule has 14 aromatic rings. The predicted molar refractivity (Wildman–Crippen MR) is 283 cm³/mol. The van der Waals surface area contributed by atoms with Crippen molar-refractivity contribution in [2.24, 2.45) is 0 Å². The summed E-state index contributed by atoms with van der Waals surface area (Å²) in [5.74, 6) is 0. The number of fused-ring (bicyclic) bond motifs is 17. The average molecular weight is 837 g/mol. The van der Waals surface area contributed by atoms with Gasteiger partial charge in [-0.25, -0.2) is 0 Å². The van der Waals surface area contributed by atoms with Crippen LogP contribution < -0.4 is 4.90 Å². The lowest BCUT2D eigenvalue weighted by molar-refractivity contribution is 1.19. The summed E-state index contributed by atoms with van der Waals surface area (Å²) >= 11 is 0. The first-order valence-electron chi connectivity index (χ1n) is 22.8. The fraction of sp³-hybridized carbons (Fsp3) is 0. The Labute approximate surface area is 381 Å². The summed E-state index contributed by atoms with van der Waals surface area (Å²) < 4.78 is 2.55. The summed E-state index contributed by atoms with van der Waals surface area (Å²) in [6, 6.07) is 89.7. The van der Waals surface area contributed by atoms with Gasteiger partial charge in [0.2, 0.25) is 0 Å². The van der Waals surface area contributed by atoms with Crippen molar-refractivity contribution in [3.63, 3.8) is 0 Å². The molecule has 0 atom stereocenters. The standard InChI is InChI=1S/C64H40N2/c1-3-17-41(18-4-1)59-37-42-19-7-8-22-47(42)64-63(59)58-36-33-46(40-62(58)66(64)45-32-35-57-53-28-12-10-24-49(53)51-26-14-16-30-55(51)61(57)39-45)65(43-20-5-2-6-21-43)44-31-34-56-52-27-11-9-23-48(52)50-25-13-15-29-54(50)60(56)38-44/h1-40H. The van der Waals surface area contributed by atoms with E-state index in [1.54, 1.807) is 0 Å². The molecule has 14 rings (SSSR count). The van der Waals surface area contributed by atoms with Gasteiger partial charge in [0.15, 0.2) is 0 Å². The second kappa shape index (κ2) is 14.4. The number of hydrogen-bond donors (Lipinski definition) is 0. The lowest BCUT2D eigenvalue weighted by Gasteiger charge is -2.26. The van der Waals surface area contributed by atoms with Gasteiger partial charge >= 0.3 is 0 Å². The molecule has 66 heavy (non-hydrogen) atoms. The van der Waals surface area contributed by atoms with E-state index >= 15 is 0 Å². The molecule has 0 saturated carbocycles. The van der Waals surface area contributed by atoms with E-state index in [4.69, 9.17) is 0 Å². The minimum absolute atomic E-state index is 1.09. The van der Waals surface area contributed by atoms with Crippen molar-refractivity contribution < 1.29 is 0 Å². The van der Waals surface area contributed by atoms with E-state index < -0.39 is 0 Å². The van der Waals surface area contributed by atoms with Crippen molar-refractivity contribution in [3.05, 3.63) is 243 Å². The van der Waals surface area contributed by atoms with Gasteiger partial charge in [-0.2, -0.15) is 0 Å². The van der Waals surface area contributed by atoms with Gasteiger partial charge in [0.25, 0.3) is 0 Å². The molecule has 1 aromatic heterocycles. The van der Waals surface area contributed by atoms with Gasteiger partial charge in [0.1, 0.15) is 0 Å². The maximum atomic E-state index is 2.55. The van der Waals surface area contributed by atoms with Crippen LogP contribution in [0.1, 0.15) is 0 Å². The first-order valence-corrected chi connectivity index (χ1v) is 22.8. The number of benzene rings is 13. The average Bonchev–Trinajstić information content (AvgIpc) is 3.74. The Morgan fingerprint density at radius 2 is 0.697 bits per heavy atom. The molecule has 0 saturated heterocycles. The van der Waals surface area contributed by atoms with Crippen LogP contribution in [0.3, 0.4) is 0 Å². The van der Waals surface area contributed by atoms with Crippen molar-refractivity contribution in [2.45, 2.75) is 0 Å². The van der Waals surface area contributed by atoms with Crippen LogP contribution in [0.4, 0.5) is 17.1 Å². The lowest BCUT2D eigenvalue weighted by atomic mass is 9.94. The van der Waals surface area contributed by atoms with Crippen molar-refractivity contribution >= 4 is 114 Å². The molecule has 0 spiro atoms. The van der Waals surface area contributed by atoms with Gasteiger partial charge in [0.05, 0.1) is 11.0 Å². The summed E-state index contributed by atoms with van der Waals surface area (Å²) in [4.78, 5) is 2.43. The molecule has 0 aliphatic rings. The molecule has 2 heteroatoms. The van der Waals surface area contributed by atoms with Crippen LogP contribution >= 0.6 is 0 Å². The van der Waals surface area contributed by atoms with Gasteiger partial charge in [0, 0.05) is 38.9 Å². The SMILES string of the molecule is c1ccc(-c2cc3ccccc3c3c2c2ccc(N(c4ccccc4)c4ccc5c6ccccc6c6ccccc6c5c4)cc2n3-c2ccc3c4ccccc4c4ccccc4c3c2)cc1. The zero-order valence-electron chi connectivity index (χ0n) is 36.0. The number of rotatable bonds is 5. The van der Waals surface area contributed by atoms with Crippen LogP contribution in [0.5, 0.6) is 0 Å². The first-order chi connectivity index (χ1) is 32.8. The van der Waals surface area contributed by atoms with E-state index in [9.17, 15) is 0 Å². The van der Waals surface area contributed by atoms with Crippen molar-refractivity contribution in [1.29, 1.82) is 0 Å². The normalized spacial score (nSPS) is 11.9. The number of hydrogen-bond acceptors (Lipinski definition) is 1. The molecular weight excluding hydrogens is 797 g/mol. The van der Waals surface area contributed by atoms with Crippen LogP contribution in [-0.2, 0) is 0 Å². The number of para-hydroxylation sites is 1. The van der Waals surface area contributed by atoms with E-state index in [1.165, 1.54) is 103 Å². The molecule has 0 radical (unpaired) electrons. The summed E-state index contributed by atoms with van der Waals surface area (Å²) in [5.41, 5.74) is 9.22. The third-order valence-electron chi connectivity index (χ3n) is 14.1. The molecule has 0 bridgehead atoms. The highest BCUT2D eigenvalue weighted by Gasteiger charge is 2.23. The van der Waals surface area contributed by atoms with Gasteiger partial charge in [-0.05, 0) is 136 Å². The molecule has 0 unspecified atom stereocenters. The molecule has 13 aromatic carbocycles. The van der Waals surface area contributed by atoms with Gasteiger partial charge in [-0.3, -0.25) is 0 Å². The van der Waals surface area contributed by atoms with Crippen LogP contribution in [0.2, 0.25) is 0 Å². The molecular formula is C64H40N2. The Hall–Kier alpha value is -8.72. The monoisotopic (exact) mass is 836 g/mol. The van der Waals surface area contributed by atoms with Crippen LogP contribution in [0, 0.1) is 0 Å². The third-order valence-corrected chi connectivity index (χ3v) is 14.1. The van der Waals surface area contributed by atoms with Gasteiger partial charge in [-0.15, -0.1) is 0 Å². The fourth-order valence-electron chi connectivity index (χ4n) is 11.2. The summed E-state index contributed by atoms with van der Waals surface area (Å²) in [6.45, 7) is 0. The molecule has 0 fully saturated rings. The quantitative estimate of drug-likeness (QED) is 0.157. The van der Waals surface area contributed by atoms with Gasteiger partial charge in [-0.1, -0.05) is 188 Å². The zero-order chi connectivity index (χ0) is 43.3. The van der Waals surface area contributed by atoms with E-state index in [2.05, 4.69) is 252 Å². The summed E-state index contributed by atoms with van der Waals surface area (Å²) in [7, 11) is 0. The maximum Gasteiger partial charge on any atom is 0.0625 e. The summed E-state index contributed by atoms with van der Waals surface area (Å²) in [6.07, 6.45) is 0. The highest BCUT2D eigenvalue weighted by molar-refractivity contribution is 6.28. The Kier molecular flexibility index (Phi) is 8.02. The number of nitrogens with zero attached hydrogens (tertiary/aromatic N) is 2. The smallest absolute Gasteiger partial charge is 0.0625 e. The van der Waals surface area contributed by atoms with Crippen LogP contribution in [0.15, 0.2) is 243 Å². The van der Waals surface area contributed by atoms with Crippen molar-refractivity contribution in [3.8, 4) is 16.8 Å². The molecule has 0 aliphatic heterocycles. The number of anilines is 3. The van der Waals surface area contributed by atoms with E-state index in [1.807, 2.05) is 0 Å². The predicted octanol–water partition coefficient (Wildman–Crippen LogP) is 18.0. The second-order valence-electron chi connectivity index (χ2n) is 17.6. The Balaban J connectivity index is 1.10. The largest absolute Gasteiger partial charge is 0.310 e. The molecule has 0 aliphatic carbocycles. The van der Waals surface area contributed by atoms with E-state index in [0.717, 1.165) is 28.3 Å². The van der Waals surface area contributed by atoms with E-state index in [0.29, 0.717) is 0 Å². The highest BCUT2D eigenvalue weighted by atomic mass is 15.1. The van der Waals surface area contributed by atoms with Crippen molar-refractivity contribution in [1.82, 2.24) is 4.57 Å². The second-order valence-corrected chi connectivity index (χ2v) is 17.6. The zero-order valence-corrected chi connectivity index (χ0v) is 36.0. The Morgan fingerprint density at radius 1 is 0.273 bits per heavy atom. The Bertz CT molecular complexity index is 4210. The minimum Gasteiger partial charge on any atom is -0.310 e. The topological polar surface area (TPSA) is 8.17 Å². The minimum atomic E-state index is 1.09.